The molecule has 0 radical (unpaired) electrons. The zero-order chi connectivity index (χ0) is 17.1. The molecule has 0 aliphatic carbocycles. The van der Waals surface area contributed by atoms with Crippen LogP contribution in [0, 0.1) is 0 Å². The molecule has 1 aliphatic heterocycles. The summed E-state index contributed by atoms with van der Waals surface area (Å²) in [6.45, 7) is 2.42. The molecule has 3 nitrogen and oxygen atoms in total. The first-order valence-electron chi connectivity index (χ1n) is 7.35. The fourth-order valence-corrected chi connectivity index (χ4v) is 3.72. The lowest BCUT2D eigenvalue weighted by molar-refractivity contribution is -0.113. The van der Waals surface area contributed by atoms with Gasteiger partial charge in [0.15, 0.2) is 4.32 Å². The van der Waals surface area contributed by atoms with E-state index in [0.717, 1.165) is 5.56 Å². The number of para-hydroxylation sites is 2. The second-order valence-electron chi connectivity index (χ2n) is 4.97. The number of thiocarbonyl (C=S) groups is 1. The van der Waals surface area contributed by atoms with Gasteiger partial charge in [0.2, 0.25) is 0 Å². The largest absolute Gasteiger partial charge is 0.492 e. The predicted molar refractivity (Wildman–Crippen MR) is 105 cm³/mol. The second-order valence-corrected chi connectivity index (χ2v) is 7.08. The second kappa shape index (κ2) is 7.38. The predicted octanol–water partition coefficient (Wildman–Crippen LogP) is 5.14. The number of anilines is 1. The van der Waals surface area contributed by atoms with Crippen molar-refractivity contribution in [2.45, 2.75) is 6.92 Å². The number of amides is 1. The van der Waals surface area contributed by atoms with Gasteiger partial charge in [-0.25, -0.2) is 0 Å². The van der Waals surface area contributed by atoms with Gasteiger partial charge in [-0.2, -0.15) is 0 Å². The van der Waals surface area contributed by atoms with Crippen LogP contribution in [0.4, 0.5) is 5.69 Å². The number of hydrogen-bond acceptors (Lipinski definition) is 4. The van der Waals surface area contributed by atoms with E-state index in [0.29, 0.717) is 32.3 Å². The van der Waals surface area contributed by atoms with Gasteiger partial charge in [-0.3, -0.25) is 9.69 Å². The van der Waals surface area contributed by atoms with E-state index in [9.17, 15) is 4.79 Å². The van der Waals surface area contributed by atoms with Gasteiger partial charge in [-0.15, -0.1) is 0 Å². The number of nitrogens with zero attached hydrogens (tertiary/aromatic N) is 1. The maximum atomic E-state index is 12.8. The summed E-state index contributed by atoms with van der Waals surface area (Å²) in [5, 5.41) is 0.658. The molecule has 1 heterocycles. The average Bonchev–Trinajstić information content (AvgIpc) is 2.85. The Morgan fingerprint density at radius 1 is 1.21 bits per heavy atom. The summed E-state index contributed by atoms with van der Waals surface area (Å²) >= 11 is 12.6. The Morgan fingerprint density at radius 3 is 2.62 bits per heavy atom. The van der Waals surface area contributed by atoms with Gasteiger partial charge in [0.05, 0.1) is 17.2 Å². The molecule has 0 aromatic heterocycles. The normalized spacial score (nSPS) is 16.1. The minimum atomic E-state index is -0.146. The van der Waals surface area contributed by atoms with E-state index in [1.165, 1.54) is 16.7 Å². The van der Waals surface area contributed by atoms with Crippen LogP contribution in [0.15, 0.2) is 53.4 Å². The number of ether oxygens (including phenoxy) is 1. The number of rotatable bonds is 4. The quantitative estimate of drug-likeness (QED) is 0.546. The van der Waals surface area contributed by atoms with Gasteiger partial charge in [0.1, 0.15) is 5.75 Å². The molecule has 0 N–H and O–H groups in total. The molecule has 2 aromatic rings. The third-order valence-electron chi connectivity index (χ3n) is 3.37. The lowest BCUT2D eigenvalue weighted by Gasteiger charge is -2.18. The smallest absolute Gasteiger partial charge is 0.270 e. The number of carbonyl (C=O) groups is 1. The number of thioether (sulfide) groups is 1. The van der Waals surface area contributed by atoms with Crippen LogP contribution in [0.1, 0.15) is 12.5 Å². The Morgan fingerprint density at radius 2 is 1.92 bits per heavy atom. The molecule has 0 spiro atoms. The fraction of sp³-hybridized carbons (Fsp3) is 0.111. The van der Waals surface area contributed by atoms with Crippen molar-refractivity contribution in [2.24, 2.45) is 0 Å². The van der Waals surface area contributed by atoms with Crippen molar-refractivity contribution in [3.63, 3.8) is 0 Å². The summed E-state index contributed by atoms with van der Waals surface area (Å²) in [6, 6.07) is 14.7. The van der Waals surface area contributed by atoms with E-state index in [1.807, 2.05) is 49.4 Å². The molecule has 6 heteroatoms. The lowest BCUT2D eigenvalue weighted by Crippen LogP contribution is -2.28. The van der Waals surface area contributed by atoms with Crippen LogP contribution in [0.3, 0.4) is 0 Å². The van der Waals surface area contributed by atoms with Crippen molar-refractivity contribution < 1.29 is 9.53 Å². The molecule has 1 saturated heterocycles. The highest BCUT2D eigenvalue weighted by Crippen LogP contribution is 2.39. The SMILES string of the molecule is CCOc1ccccc1N1C(=O)C(=Cc2ccc(Cl)cc2)SC1=S. The molecule has 1 fully saturated rings. The fourth-order valence-electron chi connectivity index (χ4n) is 2.31. The van der Waals surface area contributed by atoms with Crippen molar-refractivity contribution in [3.8, 4) is 5.75 Å². The highest BCUT2D eigenvalue weighted by molar-refractivity contribution is 8.27. The first-order valence-corrected chi connectivity index (χ1v) is 8.95. The van der Waals surface area contributed by atoms with E-state index >= 15 is 0 Å². The van der Waals surface area contributed by atoms with Gasteiger partial charge in [-0.05, 0) is 42.8 Å². The van der Waals surface area contributed by atoms with Crippen molar-refractivity contribution in [3.05, 3.63) is 64.0 Å². The molecule has 24 heavy (non-hydrogen) atoms. The van der Waals surface area contributed by atoms with Gasteiger partial charge in [-0.1, -0.05) is 59.8 Å². The number of benzene rings is 2. The summed E-state index contributed by atoms with van der Waals surface area (Å²) in [5.74, 6) is 0.496. The van der Waals surface area contributed by atoms with Gasteiger partial charge < -0.3 is 4.74 Å². The van der Waals surface area contributed by atoms with Gasteiger partial charge >= 0.3 is 0 Å². The maximum Gasteiger partial charge on any atom is 0.270 e. The van der Waals surface area contributed by atoms with Crippen LogP contribution in [-0.4, -0.2) is 16.8 Å². The van der Waals surface area contributed by atoms with Crippen molar-refractivity contribution in [1.29, 1.82) is 0 Å². The van der Waals surface area contributed by atoms with E-state index in [1.54, 1.807) is 12.1 Å². The standard InChI is InChI=1S/C18H14ClNO2S2/c1-2-22-15-6-4-3-5-14(15)20-17(21)16(24-18(20)23)11-12-7-9-13(19)10-8-12/h3-11H,2H2,1H3. The van der Waals surface area contributed by atoms with Crippen molar-refractivity contribution in [1.82, 2.24) is 0 Å². The maximum absolute atomic E-state index is 12.8. The molecule has 122 valence electrons. The topological polar surface area (TPSA) is 29.5 Å². The summed E-state index contributed by atoms with van der Waals surface area (Å²) < 4.78 is 6.11. The highest BCUT2D eigenvalue weighted by Gasteiger charge is 2.34. The third kappa shape index (κ3) is 3.48. The lowest BCUT2D eigenvalue weighted by atomic mass is 10.2. The number of carbonyl (C=O) groups excluding carboxylic acids is 1. The highest BCUT2D eigenvalue weighted by atomic mass is 35.5. The minimum absolute atomic E-state index is 0.146. The molecule has 0 atom stereocenters. The molecular weight excluding hydrogens is 362 g/mol. The van der Waals surface area contributed by atoms with Crippen LogP contribution in [0.25, 0.3) is 6.08 Å². The summed E-state index contributed by atoms with van der Waals surface area (Å²) in [4.78, 5) is 14.9. The Bertz CT molecular complexity index is 818. The number of hydrogen-bond donors (Lipinski definition) is 0. The van der Waals surface area contributed by atoms with Crippen molar-refractivity contribution in [2.75, 3.05) is 11.5 Å². The van der Waals surface area contributed by atoms with Crippen LogP contribution in [0.5, 0.6) is 5.75 Å². The van der Waals surface area contributed by atoms with Crippen molar-refractivity contribution >= 4 is 57.6 Å². The zero-order valence-corrected chi connectivity index (χ0v) is 15.3. The third-order valence-corrected chi connectivity index (χ3v) is 4.92. The summed E-state index contributed by atoms with van der Waals surface area (Å²) in [6.07, 6.45) is 1.82. The monoisotopic (exact) mass is 375 g/mol. The first-order chi connectivity index (χ1) is 11.6. The van der Waals surface area contributed by atoms with E-state index < -0.39 is 0 Å². The Balaban J connectivity index is 1.94. The summed E-state index contributed by atoms with van der Waals surface area (Å²) in [7, 11) is 0. The Kier molecular flexibility index (Phi) is 5.23. The Hall–Kier alpha value is -1.82. The van der Waals surface area contributed by atoms with Crippen LogP contribution >= 0.6 is 35.6 Å². The first kappa shape index (κ1) is 17.0. The van der Waals surface area contributed by atoms with E-state index in [4.69, 9.17) is 28.6 Å². The van der Waals surface area contributed by atoms with Gasteiger partial charge in [0.25, 0.3) is 5.91 Å². The van der Waals surface area contributed by atoms with E-state index in [2.05, 4.69) is 0 Å². The van der Waals surface area contributed by atoms with E-state index in [-0.39, 0.29) is 5.91 Å². The van der Waals surface area contributed by atoms with Crippen LogP contribution < -0.4 is 9.64 Å². The molecule has 2 aromatic carbocycles. The molecule has 3 rings (SSSR count). The summed E-state index contributed by atoms with van der Waals surface area (Å²) in [5.41, 5.74) is 1.57. The zero-order valence-electron chi connectivity index (χ0n) is 12.9. The molecular formula is C18H14ClNO2S2. The van der Waals surface area contributed by atoms with Crippen LogP contribution in [0.2, 0.25) is 5.02 Å². The number of halogens is 1. The average molecular weight is 376 g/mol. The molecule has 0 saturated carbocycles. The van der Waals surface area contributed by atoms with Crippen LogP contribution in [-0.2, 0) is 4.79 Å². The minimum Gasteiger partial charge on any atom is -0.492 e. The molecule has 0 bridgehead atoms. The molecule has 1 aliphatic rings. The Labute approximate surface area is 155 Å². The molecule has 1 amide bonds. The molecule has 0 unspecified atom stereocenters. The van der Waals surface area contributed by atoms with Gasteiger partial charge in [0, 0.05) is 5.02 Å².